The molecule has 6 nitrogen and oxygen atoms in total. The van der Waals surface area contributed by atoms with E-state index in [1.807, 2.05) is 54.6 Å². The number of unbranched alkanes of at least 4 members (excludes halogenated alkanes) is 10. The fourth-order valence-corrected chi connectivity index (χ4v) is 7.68. The summed E-state index contributed by atoms with van der Waals surface area (Å²) in [5.74, 6) is 0.0725. The summed E-state index contributed by atoms with van der Waals surface area (Å²) in [6.07, 6.45) is 14.9. The van der Waals surface area contributed by atoms with E-state index in [9.17, 15) is 9.90 Å². The van der Waals surface area contributed by atoms with E-state index in [-0.39, 0.29) is 30.6 Å². The quantitative estimate of drug-likeness (QED) is 0.0740. The number of carbonyl (C=O) groups excluding carboxylic acids is 1. The average Bonchev–Trinajstić information content (AvgIpc) is 3.23. The molecular weight excluding hydrogens is 681 g/mol. The highest BCUT2D eigenvalue weighted by Gasteiger charge is 2.39. The maximum Gasteiger partial charge on any atom is 0.251 e. The molecule has 1 saturated heterocycles. The lowest BCUT2D eigenvalue weighted by molar-refractivity contribution is -0.276. The van der Waals surface area contributed by atoms with Crippen molar-refractivity contribution in [2.24, 2.45) is 5.92 Å². The minimum Gasteiger partial charge on any atom is -0.392 e. The topological polar surface area (TPSA) is 71.0 Å². The predicted molar refractivity (Wildman–Crippen MR) is 226 cm³/mol. The highest BCUT2D eigenvalue weighted by molar-refractivity contribution is 5.94. The number of aliphatic hydroxyl groups is 1. The van der Waals surface area contributed by atoms with E-state index in [4.69, 9.17) is 9.47 Å². The number of nitrogens with zero attached hydrogens (tertiary/aromatic N) is 1. The summed E-state index contributed by atoms with van der Waals surface area (Å²) in [7, 11) is 0. The van der Waals surface area contributed by atoms with E-state index >= 15 is 0 Å². The molecule has 296 valence electrons. The maximum absolute atomic E-state index is 12.6. The molecule has 4 aromatic rings. The van der Waals surface area contributed by atoms with Crippen LogP contribution < -0.4 is 5.32 Å². The molecule has 0 radical (unpaired) electrons. The third-order valence-corrected chi connectivity index (χ3v) is 11.1. The van der Waals surface area contributed by atoms with Crippen LogP contribution in [0.2, 0.25) is 0 Å². The number of amides is 1. The summed E-state index contributed by atoms with van der Waals surface area (Å²) in [6, 6.07) is 34.4. The van der Waals surface area contributed by atoms with E-state index in [0.29, 0.717) is 12.1 Å². The normalized spacial score (nSPS) is 18.4. The Morgan fingerprint density at radius 2 is 1.27 bits per heavy atom. The molecule has 1 heterocycles. The molecule has 0 bridgehead atoms. The first-order chi connectivity index (χ1) is 27.0. The standard InChI is InChI=1S/C49H66N2O4/c1-4-6-8-10-12-17-32-51(33-18-13-11-9-7-5-2)36-46-38(3)47(42-26-24-39(37-52)25-27-42)55-49(54-46)44-30-28-41(29-31-44)45-23-19-20-40(34-45)35-50-48(53)43-21-15-14-16-22-43/h14-16,19-31,34,38,46-47,49,52H,4-13,17-18,32-33,35-37H2,1-3H3,(H,50,53). The van der Waals surface area contributed by atoms with Crippen LogP contribution in [0.5, 0.6) is 0 Å². The summed E-state index contributed by atoms with van der Waals surface area (Å²) < 4.78 is 13.8. The van der Waals surface area contributed by atoms with Gasteiger partial charge in [0, 0.05) is 30.1 Å². The number of hydrogen-bond acceptors (Lipinski definition) is 5. The first-order valence-electron chi connectivity index (χ1n) is 21.2. The third kappa shape index (κ3) is 13.4. The van der Waals surface area contributed by atoms with E-state index in [1.54, 1.807) is 0 Å². The summed E-state index contributed by atoms with van der Waals surface area (Å²) in [5.41, 5.74) is 6.92. The van der Waals surface area contributed by atoms with Gasteiger partial charge in [-0.2, -0.15) is 0 Å². The lowest BCUT2D eigenvalue weighted by Crippen LogP contribution is -2.45. The first-order valence-corrected chi connectivity index (χ1v) is 21.2. The second-order valence-electron chi connectivity index (χ2n) is 15.5. The van der Waals surface area contributed by atoms with Crippen LogP contribution in [0.3, 0.4) is 0 Å². The average molecular weight is 747 g/mol. The van der Waals surface area contributed by atoms with Gasteiger partial charge in [0.05, 0.1) is 18.8 Å². The Hall–Kier alpha value is -3.81. The van der Waals surface area contributed by atoms with Gasteiger partial charge in [0.1, 0.15) is 0 Å². The second-order valence-corrected chi connectivity index (χ2v) is 15.5. The molecule has 0 spiro atoms. The monoisotopic (exact) mass is 747 g/mol. The fourth-order valence-electron chi connectivity index (χ4n) is 7.68. The highest BCUT2D eigenvalue weighted by Crippen LogP contribution is 2.42. The molecule has 4 aromatic carbocycles. The van der Waals surface area contributed by atoms with Crippen molar-refractivity contribution in [2.45, 2.75) is 129 Å². The van der Waals surface area contributed by atoms with Gasteiger partial charge in [-0.25, -0.2) is 0 Å². The van der Waals surface area contributed by atoms with Crippen LogP contribution in [0.15, 0.2) is 103 Å². The van der Waals surface area contributed by atoms with Crippen molar-refractivity contribution in [3.8, 4) is 11.1 Å². The first kappa shape index (κ1) is 42.3. The number of nitrogens with one attached hydrogen (secondary N) is 1. The van der Waals surface area contributed by atoms with Gasteiger partial charge in [0.25, 0.3) is 5.91 Å². The summed E-state index contributed by atoms with van der Waals surface area (Å²) in [6.45, 7) is 10.4. The minimum absolute atomic E-state index is 0.00362. The molecule has 6 heteroatoms. The summed E-state index contributed by atoms with van der Waals surface area (Å²) in [4.78, 5) is 15.3. The molecular formula is C49H66N2O4. The number of benzene rings is 4. The Labute approximate surface area is 331 Å². The molecule has 5 rings (SSSR count). The van der Waals surface area contributed by atoms with Crippen LogP contribution >= 0.6 is 0 Å². The van der Waals surface area contributed by atoms with Crippen molar-refractivity contribution in [3.05, 3.63) is 131 Å². The molecule has 1 aliphatic heterocycles. The Morgan fingerprint density at radius 3 is 1.91 bits per heavy atom. The van der Waals surface area contributed by atoms with E-state index in [2.05, 4.69) is 79.5 Å². The largest absolute Gasteiger partial charge is 0.392 e. The molecule has 4 atom stereocenters. The van der Waals surface area contributed by atoms with Crippen molar-refractivity contribution in [1.82, 2.24) is 10.2 Å². The smallest absolute Gasteiger partial charge is 0.251 e. The second kappa shape index (κ2) is 23.3. The number of ether oxygens (including phenoxy) is 2. The van der Waals surface area contributed by atoms with Gasteiger partial charge >= 0.3 is 0 Å². The fraction of sp³-hybridized carbons (Fsp3) is 0.490. The van der Waals surface area contributed by atoms with Crippen LogP contribution in [-0.2, 0) is 22.6 Å². The maximum atomic E-state index is 12.6. The van der Waals surface area contributed by atoms with Crippen molar-refractivity contribution < 1.29 is 19.4 Å². The Bertz CT molecular complexity index is 1640. The molecule has 0 aromatic heterocycles. The number of rotatable bonds is 23. The van der Waals surface area contributed by atoms with Crippen LogP contribution in [-0.4, -0.2) is 41.7 Å². The number of aliphatic hydroxyl groups excluding tert-OH is 1. The predicted octanol–water partition coefficient (Wildman–Crippen LogP) is 11.6. The van der Waals surface area contributed by atoms with Gasteiger partial charge in [-0.15, -0.1) is 0 Å². The Morgan fingerprint density at radius 1 is 0.655 bits per heavy atom. The molecule has 4 unspecified atom stereocenters. The SMILES string of the molecule is CCCCCCCCN(CCCCCCCC)CC1OC(c2ccc(-c3cccc(CNC(=O)c4ccccc4)c3)cc2)OC(c2ccc(CO)cc2)C1C. The van der Waals surface area contributed by atoms with Crippen molar-refractivity contribution >= 4 is 5.91 Å². The van der Waals surface area contributed by atoms with Gasteiger partial charge in [0.2, 0.25) is 0 Å². The van der Waals surface area contributed by atoms with Crippen LogP contribution in [0.25, 0.3) is 11.1 Å². The van der Waals surface area contributed by atoms with Crippen LogP contribution in [0.1, 0.15) is 143 Å². The third-order valence-electron chi connectivity index (χ3n) is 11.1. The van der Waals surface area contributed by atoms with Gasteiger partial charge in [-0.1, -0.05) is 170 Å². The van der Waals surface area contributed by atoms with Crippen molar-refractivity contribution in [1.29, 1.82) is 0 Å². The Balaban J connectivity index is 1.30. The minimum atomic E-state index is -0.498. The molecule has 1 amide bonds. The number of hydrogen-bond donors (Lipinski definition) is 2. The van der Waals surface area contributed by atoms with Crippen molar-refractivity contribution in [2.75, 3.05) is 19.6 Å². The van der Waals surface area contributed by atoms with E-state index in [1.165, 1.54) is 77.0 Å². The zero-order valence-corrected chi connectivity index (χ0v) is 33.8. The van der Waals surface area contributed by atoms with Gasteiger partial charge in [-0.3, -0.25) is 4.79 Å². The molecule has 0 aliphatic carbocycles. The van der Waals surface area contributed by atoms with Crippen molar-refractivity contribution in [3.63, 3.8) is 0 Å². The molecule has 1 aliphatic rings. The lowest BCUT2D eigenvalue weighted by Gasteiger charge is -2.43. The van der Waals surface area contributed by atoms with Gasteiger partial charge < -0.3 is 24.8 Å². The van der Waals surface area contributed by atoms with Gasteiger partial charge in [0.15, 0.2) is 6.29 Å². The van der Waals surface area contributed by atoms with E-state index < -0.39 is 6.29 Å². The summed E-state index contributed by atoms with van der Waals surface area (Å²) >= 11 is 0. The van der Waals surface area contributed by atoms with Gasteiger partial charge in [-0.05, 0) is 71.9 Å². The summed E-state index contributed by atoms with van der Waals surface area (Å²) in [5, 5.41) is 12.8. The molecule has 2 N–H and O–H groups in total. The molecule has 55 heavy (non-hydrogen) atoms. The lowest BCUT2D eigenvalue weighted by atomic mass is 9.89. The highest BCUT2D eigenvalue weighted by atomic mass is 16.7. The van der Waals surface area contributed by atoms with Crippen LogP contribution in [0, 0.1) is 5.92 Å². The number of carbonyl (C=O) groups is 1. The van der Waals surface area contributed by atoms with Crippen LogP contribution in [0.4, 0.5) is 0 Å². The molecule has 0 saturated carbocycles. The Kier molecular flexibility index (Phi) is 17.9. The van der Waals surface area contributed by atoms with E-state index in [0.717, 1.165) is 53.0 Å². The molecule has 1 fully saturated rings. The zero-order chi connectivity index (χ0) is 38.7. The zero-order valence-electron chi connectivity index (χ0n) is 33.8.